The third kappa shape index (κ3) is 4.16. The first-order chi connectivity index (χ1) is 12.0. The quantitative estimate of drug-likeness (QED) is 0.732. The van der Waals surface area contributed by atoms with Crippen LogP contribution in [0, 0.1) is 0 Å². The lowest BCUT2D eigenvalue weighted by atomic mass is 10.3. The third-order valence-electron chi connectivity index (χ3n) is 3.64. The van der Waals surface area contributed by atoms with Gasteiger partial charge in [-0.3, -0.25) is 14.0 Å². The predicted octanol–water partition coefficient (Wildman–Crippen LogP) is 2.04. The molecule has 0 saturated heterocycles. The van der Waals surface area contributed by atoms with Crippen molar-refractivity contribution in [2.75, 3.05) is 26.0 Å². The fourth-order valence-corrected chi connectivity index (χ4v) is 3.08. The summed E-state index contributed by atoms with van der Waals surface area (Å²) >= 11 is 1.51. The van der Waals surface area contributed by atoms with Crippen LogP contribution in [0.15, 0.2) is 42.0 Å². The van der Waals surface area contributed by atoms with Crippen LogP contribution in [-0.2, 0) is 16.0 Å². The molecule has 1 aromatic carbocycles. The van der Waals surface area contributed by atoms with E-state index in [0.717, 1.165) is 4.96 Å². The van der Waals surface area contributed by atoms with Crippen molar-refractivity contribution in [2.45, 2.75) is 6.42 Å². The van der Waals surface area contributed by atoms with Gasteiger partial charge in [0.05, 0.1) is 25.8 Å². The molecule has 0 bridgehead atoms. The second kappa shape index (κ2) is 7.35. The minimum atomic E-state index is -0.269. The van der Waals surface area contributed by atoms with E-state index in [1.165, 1.54) is 16.2 Å². The maximum atomic E-state index is 12.3. The largest absolute Gasteiger partial charge is 0.497 e. The molecule has 130 valence electrons. The van der Waals surface area contributed by atoms with Gasteiger partial charge in [-0.15, -0.1) is 11.3 Å². The van der Waals surface area contributed by atoms with Gasteiger partial charge in [-0.05, 0) is 12.1 Å². The van der Waals surface area contributed by atoms with Crippen molar-refractivity contribution in [2.24, 2.45) is 0 Å². The lowest BCUT2D eigenvalue weighted by Crippen LogP contribution is -2.35. The standard InChI is InChI=1S/C17H18N4O3S/c1-20(11-15(22)18-12-4-3-5-14(8-12)24-2)16(23)9-13-10-21-6-7-25-17(21)19-13/h3-8,10H,9,11H2,1-2H3,(H,18,22). The lowest BCUT2D eigenvalue weighted by molar-refractivity contribution is -0.132. The zero-order chi connectivity index (χ0) is 17.8. The van der Waals surface area contributed by atoms with Crippen LogP contribution in [0.25, 0.3) is 4.96 Å². The lowest BCUT2D eigenvalue weighted by Gasteiger charge is -2.16. The SMILES string of the molecule is COc1cccc(NC(=O)CN(C)C(=O)Cc2cn3ccsc3n2)c1. The van der Waals surface area contributed by atoms with Gasteiger partial charge in [-0.1, -0.05) is 6.07 Å². The van der Waals surface area contributed by atoms with E-state index in [0.29, 0.717) is 17.1 Å². The fourth-order valence-electron chi connectivity index (χ4n) is 2.36. The molecule has 2 heterocycles. The zero-order valence-corrected chi connectivity index (χ0v) is 14.7. The Morgan fingerprint density at radius 2 is 2.24 bits per heavy atom. The molecule has 2 aromatic heterocycles. The molecule has 0 atom stereocenters. The van der Waals surface area contributed by atoms with Crippen LogP contribution in [0.3, 0.4) is 0 Å². The van der Waals surface area contributed by atoms with Gasteiger partial charge in [0.15, 0.2) is 4.96 Å². The number of imidazole rings is 1. The molecule has 0 spiro atoms. The Bertz CT molecular complexity index is 874. The molecule has 1 N–H and O–H groups in total. The predicted molar refractivity (Wildman–Crippen MR) is 96.0 cm³/mol. The van der Waals surface area contributed by atoms with Crippen LogP contribution < -0.4 is 10.1 Å². The minimum absolute atomic E-state index is 0.0295. The number of anilines is 1. The van der Waals surface area contributed by atoms with E-state index < -0.39 is 0 Å². The summed E-state index contributed by atoms with van der Waals surface area (Å²) in [5.41, 5.74) is 1.32. The van der Waals surface area contributed by atoms with E-state index in [-0.39, 0.29) is 24.8 Å². The monoisotopic (exact) mass is 358 g/mol. The first kappa shape index (κ1) is 17.0. The molecule has 0 aliphatic heterocycles. The van der Waals surface area contributed by atoms with E-state index in [9.17, 15) is 9.59 Å². The van der Waals surface area contributed by atoms with Crippen LogP contribution in [0.2, 0.25) is 0 Å². The number of methoxy groups -OCH3 is 1. The number of likely N-dealkylation sites (N-methyl/N-ethyl adjacent to an activating group) is 1. The molecule has 8 heteroatoms. The number of rotatable bonds is 6. The van der Waals surface area contributed by atoms with Crippen molar-refractivity contribution in [3.05, 3.63) is 47.7 Å². The number of amides is 2. The molecule has 0 radical (unpaired) electrons. The molecule has 25 heavy (non-hydrogen) atoms. The number of nitrogens with one attached hydrogen (secondary N) is 1. The Hall–Kier alpha value is -2.87. The summed E-state index contributed by atoms with van der Waals surface area (Å²) in [5.74, 6) is 0.225. The molecular weight excluding hydrogens is 340 g/mol. The van der Waals surface area contributed by atoms with Crippen molar-refractivity contribution in [3.8, 4) is 5.75 Å². The van der Waals surface area contributed by atoms with Crippen LogP contribution in [0.4, 0.5) is 5.69 Å². The Morgan fingerprint density at radius 3 is 3.00 bits per heavy atom. The summed E-state index contributed by atoms with van der Waals surface area (Å²) in [6, 6.07) is 7.06. The first-order valence-electron chi connectivity index (χ1n) is 7.64. The van der Waals surface area contributed by atoms with E-state index >= 15 is 0 Å². The van der Waals surface area contributed by atoms with Gasteiger partial charge in [0.25, 0.3) is 0 Å². The van der Waals surface area contributed by atoms with Gasteiger partial charge < -0.3 is 15.0 Å². The normalized spacial score (nSPS) is 10.6. The summed E-state index contributed by atoms with van der Waals surface area (Å²) < 4.78 is 6.99. The summed E-state index contributed by atoms with van der Waals surface area (Å²) in [6.07, 6.45) is 3.89. The van der Waals surface area contributed by atoms with Gasteiger partial charge in [0.1, 0.15) is 5.75 Å². The van der Waals surface area contributed by atoms with Gasteiger partial charge in [0.2, 0.25) is 11.8 Å². The third-order valence-corrected chi connectivity index (χ3v) is 4.41. The second-order valence-corrected chi connectivity index (χ2v) is 6.40. The Kier molecular flexibility index (Phi) is 4.99. The van der Waals surface area contributed by atoms with Crippen molar-refractivity contribution in [1.82, 2.24) is 14.3 Å². The average Bonchev–Trinajstić information content (AvgIpc) is 3.16. The van der Waals surface area contributed by atoms with E-state index in [1.54, 1.807) is 38.4 Å². The summed E-state index contributed by atoms with van der Waals surface area (Å²) in [5, 5.41) is 4.69. The van der Waals surface area contributed by atoms with Crippen molar-refractivity contribution in [3.63, 3.8) is 0 Å². The fraction of sp³-hybridized carbons (Fsp3) is 0.235. The Balaban J connectivity index is 1.54. The molecule has 2 amide bonds. The topological polar surface area (TPSA) is 75.9 Å². The number of fused-ring (bicyclic) bond motifs is 1. The summed E-state index contributed by atoms with van der Waals surface area (Å²) in [4.78, 5) is 31.0. The molecule has 3 aromatic rings. The summed E-state index contributed by atoms with van der Waals surface area (Å²) in [7, 11) is 3.17. The highest BCUT2D eigenvalue weighted by molar-refractivity contribution is 7.15. The van der Waals surface area contributed by atoms with E-state index in [4.69, 9.17) is 4.74 Å². The molecule has 0 aliphatic carbocycles. The van der Waals surface area contributed by atoms with Gasteiger partial charge in [-0.25, -0.2) is 4.98 Å². The first-order valence-corrected chi connectivity index (χ1v) is 8.52. The van der Waals surface area contributed by atoms with Crippen molar-refractivity contribution < 1.29 is 14.3 Å². The van der Waals surface area contributed by atoms with Crippen LogP contribution in [-0.4, -0.2) is 46.8 Å². The zero-order valence-electron chi connectivity index (χ0n) is 13.9. The highest BCUT2D eigenvalue weighted by Crippen LogP contribution is 2.16. The minimum Gasteiger partial charge on any atom is -0.497 e. The van der Waals surface area contributed by atoms with E-state index in [1.807, 2.05) is 22.2 Å². The molecule has 7 nitrogen and oxygen atoms in total. The number of ether oxygens (including phenoxy) is 1. The van der Waals surface area contributed by atoms with Gasteiger partial charge >= 0.3 is 0 Å². The number of carbonyl (C=O) groups excluding carboxylic acids is 2. The number of benzene rings is 1. The maximum Gasteiger partial charge on any atom is 0.243 e. The van der Waals surface area contributed by atoms with Gasteiger partial charge in [-0.2, -0.15) is 0 Å². The number of thiazole rings is 1. The maximum absolute atomic E-state index is 12.3. The molecule has 0 saturated carbocycles. The van der Waals surface area contributed by atoms with Crippen LogP contribution >= 0.6 is 11.3 Å². The number of nitrogens with zero attached hydrogens (tertiary/aromatic N) is 3. The number of hydrogen-bond acceptors (Lipinski definition) is 5. The number of hydrogen-bond donors (Lipinski definition) is 1. The van der Waals surface area contributed by atoms with Crippen molar-refractivity contribution >= 4 is 33.8 Å². The molecule has 0 aliphatic rings. The van der Waals surface area contributed by atoms with Crippen molar-refractivity contribution in [1.29, 1.82) is 0 Å². The number of carbonyl (C=O) groups is 2. The number of aromatic nitrogens is 2. The Labute approximate surface area is 148 Å². The second-order valence-electron chi connectivity index (χ2n) is 5.53. The average molecular weight is 358 g/mol. The van der Waals surface area contributed by atoms with Gasteiger partial charge in [0, 0.05) is 36.6 Å². The molecule has 3 rings (SSSR count). The van der Waals surface area contributed by atoms with Crippen LogP contribution in [0.5, 0.6) is 5.75 Å². The highest BCUT2D eigenvalue weighted by Gasteiger charge is 2.15. The molecular formula is C17H18N4O3S. The highest BCUT2D eigenvalue weighted by atomic mass is 32.1. The van der Waals surface area contributed by atoms with Crippen LogP contribution in [0.1, 0.15) is 5.69 Å². The molecule has 0 fully saturated rings. The van der Waals surface area contributed by atoms with E-state index in [2.05, 4.69) is 10.3 Å². The Morgan fingerprint density at radius 1 is 1.40 bits per heavy atom. The molecule has 0 unspecified atom stereocenters. The summed E-state index contributed by atoms with van der Waals surface area (Å²) in [6.45, 7) is -0.0295. The smallest absolute Gasteiger partial charge is 0.243 e.